The van der Waals surface area contributed by atoms with E-state index in [2.05, 4.69) is 15.7 Å². The second-order valence-electron chi connectivity index (χ2n) is 7.05. The summed E-state index contributed by atoms with van der Waals surface area (Å²) in [6.45, 7) is 3.94. The van der Waals surface area contributed by atoms with Gasteiger partial charge in [0, 0.05) is 12.7 Å². The number of carbonyl (C=O) groups excluding carboxylic acids is 1. The summed E-state index contributed by atoms with van der Waals surface area (Å²) in [5.41, 5.74) is 2.13. The summed E-state index contributed by atoms with van der Waals surface area (Å²) in [7, 11) is 0. The Morgan fingerprint density at radius 2 is 2.07 bits per heavy atom. The fourth-order valence-electron chi connectivity index (χ4n) is 3.37. The van der Waals surface area contributed by atoms with E-state index >= 15 is 0 Å². The lowest BCUT2D eigenvalue weighted by Crippen LogP contribution is -2.32. The minimum absolute atomic E-state index is 0. The van der Waals surface area contributed by atoms with Gasteiger partial charge in [0.2, 0.25) is 0 Å². The molecule has 29 heavy (non-hydrogen) atoms. The Morgan fingerprint density at radius 3 is 2.86 bits per heavy atom. The van der Waals surface area contributed by atoms with Crippen molar-refractivity contribution in [3.05, 3.63) is 72.1 Å². The van der Waals surface area contributed by atoms with Crippen molar-refractivity contribution in [1.82, 2.24) is 15.1 Å². The van der Waals surface area contributed by atoms with Gasteiger partial charge in [-0.25, -0.2) is 0 Å². The van der Waals surface area contributed by atoms with Crippen molar-refractivity contribution >= 4 is 24.0 Å². The largest absolute Gasteiger partial charge is 0.455 e. The number of amides is 1. The van der Waals surface area contributed by atoms with E-state index in [0.717, 1.165) is 37.2 Å². The van der Waals surface area contributed by atoms with Gasteiger partial charge in [0.25, 0.3) is 5.91 Å². The molecule has 1 aliphatic rings. The Morgan fingerprint density at radius 1 is 1.21 bits per heavy atom. The molecule has 4 rings (SSSR count). The third kappa shape index (κ3) is 5.16. The molecule has 0 radical (unpaired) electrons. The molecule has 1 amide bonds. The molecule has 2 aromatic carbocycles. The SMILES string of the molecule is Cc1cccc(Oc2ccccc2NC(=O)c2ccn(C3CCCNC3)n2)c1.Cl. The molecule has 1 aliphatic heterocycles. The van der Waals surface area contributed by atoms with E-state index in [9.17, 15) is 4.79 Å². The number of rotatable bonds is 5. The molecule has 0 saturated carbocycles. The van der Waals surface area contributed by atoms with Crippen LogP contribution in [0.4, 0.5) is 5.69 Å². The molecular formula is C22H25ClN4O2. The van der Waals surface area contributed by atoms with Crippen molar-refractivity contribution in [3.63, 3.8) is 0 Å². The molecule has 2 N–H and O–H groups in total. The number of ether oxygens (including phenoxy) is 1. The summed E-state index contributed by atoms with van der Waals surface area (Å²) in [6.07, 6.45) is 4.07. The van der Waals surface area contributed by atoms with Crippen LogP contribution in [0.25, 0.3) is 0 Å². The maximum absolute atomic E-state index is 12.7. The number of hydrogen-bond acceptors (Lipinski definition) is 4. The van der Waals surface area contributed by atoms with Crippen LogP contribution in [0.3, 0.4) is 0 Å². The van der Waals surface area contributed by atoms with Crippen LogP contribution in [-0.4, -0.2) is 28.8 Å². The van der Waals surface area contributed by atoms with Crippen LogP contribution >= 0.6 is 12.4 Å². The molecule has 1 unspecified atom stereocenters. The number of halogens is 1. The molecule has 1 aromatic heterocycles. The molecule has 1 saturated heterocycles. The highest BCUT2D eigenvalue weighted by Crippen LogP contribution is 2.30. The summed E-state index contributed by atoms with van der Waals surface area (Å²) in [5, 5.41) is 10.8. The second kappa shape index (κ2) is 9.58. The van der Waals surface area contributed by atoms with Crippen molar-refractivity contribution in [2.75, 3.05) is 18.4 Å². The van der Waals surface area contributed by atoms with Crippen molar-refractivity contribution < 1.29 is 9.53 Å². The number of benzene rings is 2. The monoisotopic (exact) mass is 412 g/mol. The molecule has 2 heterocycles. The van der Waals surface area contributed by atoms with E-state index in [0.29, 0.717) is 23.2 Å². The number of aryl methyl sites for hydroxylation is 1. The average Bonchev–Trinajstić information content (AvgIpc) is 3.21. The Kier molecular flexibility index (Phi) is 6.90. The van der Waals surface area contributed by atoms with Crippen molar-refractivity contribution in [2.24, 2.45) is 0 Å². The fraction of sp³-hybridized carbons (Fsp3) is 0.273. The lowest BCUT2D eigenvalue weighted by Gasteiger charge is -2.22. The highest BCUT2D eigenvalue weighted by Gasteiger charge is 2.18. The van der Waals surface area contributed by atoms with Gasteiger partial charge in [-0.1, -0.05) is 24.3 Å². The first-order valence-electron chi connectivity index (χ1n) is 9.60. The lowest BCUT2D eigenvalue weighted by atomic mass is 10.1. The van der Waals surface area contributed by atoms with Gasteiger partial charge in [-0.3, -0.25) is 9.48 Å². The number of carbonyl (C=O) groups is 1. The number of para-hydroxylation sites is 2. The summed E-state index contributed by atoms with van der Waals surface area (Å²) in [6, 6.07) is 17.3. The van der Waals surface area contributed by atoms with Crippen LogP contribution in [0, 0.1) is 6.92 Å². The minimum atomic E-state index is -0.247. The van der Waals surface area contributed by atoms with Gasteiger partial charge in [-0.2, -0.15) is 5.10 Å². The Bertz CT molecular complexity index is 967. The van der Waals surface area contributed by atoms with Crippen molar-refractivity contribution in [2.45, 2.75) is 25.8 Å². The third-order valence-electron chi connectivity index (χ3n) is 4.84. The molecule has 0 spiro atoms. The molecule has 1 fully saturated rings. The lowest BCUT2D eigenvalue weighted by molar-refractivity contribution is 0.102. The van der Waals surface area contributed by atoms with E-state index in [4.69, 9.17) is 4.74 Å². The molecule has 152 valence electrons. The fourth-order valence-corrected chi connectivity index (χ4v) is 3.37. The van der Waals surface area contributed by atoms with E-state index in [1.54, 1.807) is 6.07 Å². The van der Waals surface area contributed by atoms with Crippen molar-refractivity contribution in [3.8, 4) is 11.5 Å². The predicted molar refractivity (Wildman–Crippen MR) is 116 cm³/mol. The molecule has 3 aromatic rings. The van der Waals surface area contributed by atoms with Gasteiger partial charge in [0.1, 0.15) is 5.75 Å². The minimum Gasteiger partial charge on any atom is -0.455 e. The van der Waals surface area contributed by atoms with Gasteiger partial charge >= 0.3 is 0 Å². The Labute approximate surface area is 176 Å². The standard InChI is InChI=1S/C22H24N4O2.ClH/c1-16-6-4-8-18(14-16)28-21-10-3-2-9-19(21)24-22(27)20-11-13-26(25-20)17-7-5-12-23-15-17;/h2-4,6,8-11,13-14,17,23H,5,7,12,15H2,1H3,(H,24,27);1H. The smallest absolute Gasteiger partial charge is 0.276 e. The third-order valence-corrected chi connectivity index (χ3v) is 4.84. The average molecular weight is 413 g/mol. The molecule has 6 nitrogen and oxygen atoms in total. The first kappa shape index (κ1) is 20.9. The summed E-state index contributed by atoms with van der Waals surface area (Å²) in [4.78, 5) is 12.7. The van der Waals surface area contributed by atoms with Crippen LogP contribution in [0.2, 0.25) is 0 Å². The van der Waals surface area contributed by atoms with E-state index < -0.39 is 0 Å². The molecule has 0 aliphatic carbocycles. The number of nitrogens with one attached hydrogen (secondary N) is 2. The van der Waals surface area contributed by atoms with E-state index in [1.165, 1.54) is 0 Å². The predicted octanol–water partition coefficient (Wildman–Crippen LogP) is 4.58. The maximum atomic E-state index is 12.7. The number of anilines is 1. The summed E-state index contributed by atoms with van der Waals surface area (Å²) < 4.78 is 7.86. The van der Waals surface area contributed by atoms with E-state index in [-0.39, 0.29) is 18.3 Å². The molecule has 7 heteroatoms. The van der Waals surface area contributed by atoms with Gasteiger partial charge in [0.15, 0.2) is 11.4 Å². The molecular weight excluding hydrogens is 388 g/mol. The topological polar surface area (TPSA) is 68.2 Å². The van der Waals surface area contributed by atoms with Crippen LogP contribution in [0.15, 0.2) is 60.8 Å². The highest BCUT2D eigenvalue weighted by molar-refractivity contribution is 6.03. The van der Waals surface area contributed by atoms with Crippen LogP contribution in [0.5, 0.6) is 11.5 Å². The van der Waals surface area contributed by atoms with Gasteiger partial charge in [-0.05, 0) is 62.2 Å². The van der Waals surface area contributed by atoms with Crippen LogP contribution in [-0.2, 0) is 0 Å². The number of nitrogens with zero attached hydrogens (tertiary/aromatic N) is 2. The summed E-state index contributed by atoms with van der Waals surface area (Å²) in [5.74, 6) is 1.08. The Balaban J connectivity index is 0.00000240. The Hall–Kier alpha value is -2.83. The van der Waals surface area contributed by atoms with Gasteiger partial charge < -0.3 is 15.4 Å². The quantitative estimate of drug-likeness (QED) is 0.643. The molecule has 1 atom stereocenters. The number of hydrogen-bond donors (Lipinski definition) is 2. The zero-order chi connectivity index (χ0) is 19.3. The number of piperidine rings is 1. The van der Waals surface area contributed by atoms with Crippen molar-refractivity contribution in [1.29, 1.82) is 0 Å². The van der Waals surface area contributed by atoms with E-state index in [1.807, 2.05) is 66.3 Å². The number of aromatic nitrogens is 2. The zero-order valence-electron chi connectivity index (χ0n) is 16.3. The van der Waals surface area contributed by atoms with Gasteiger partial charge in [-0.15, -0.1) is 12.4 Å². The second-order valence-corrected chi connectivity index (χ2v) is 7.05. The van der Waals surface area contributed by atoms with Gasteiger partial charge in [0.05, 0.1) is 11.7 Å². The maximum Gasteiger partial charge on any atom is 0.276 e. The zero-order valence-corrected chi connectivity index (χ0v) is 17.1. The van der Waals surface area contributed by atoms with Crippen LogP contribution in [0.1, 0.15) is 34.9 Å². The first-order valence-corrected chi connectivity index (χ1v) is 9.60. The molecule has 0 bridgehead atoms. The highest BCUT2D eigenvalue weighted by atomic mass is 35.5. The van der Waals surface area contributed by atoms with Crippen LogP contribution < -0.4 is 15.4 Å². The normalized spacial score (nSPS) is 16.0. The first-order chi connectivity index (χ1) is 13.7. The summed E-state index contributed by atoms with van der Waals surface area (Å²) >= 11 is 0.